The van der Waals surface area contributed by atoms with Crippen LogP contribution >= 0.6 is 0 Å². The zero-order valence-corrected chi connectivity index (χ0v) is 13.4. The Kier molecular flexibility index (Phi) is 5.00. The van der Waals surface area contributed by atoms with Crippen LogP contribution in [0.25, 0.3) is 0 Å². The van der Waals surface area contributed by atoms with E-state index in [0.29, 0.717) is 19.4 Å². The summed E-state index contributed by atoms with van der Waals surface area (Å²) in [6.45, 7) is 0.00851. The summed E-state index contributed by atoms with van der Waals surface area (Å²) in [5.74, 6) is -1.86. The van der Waals surface area contributed by atoms with Gasteiger partial charge in [0.1, 0.15) is 12.4 Å². The van der Waals surface area contributed by atoms with Gasteiger partial charge in [0, 0.05) is 19.5 Å². The predicted molar refractivity (Wildman–Crippen MR) is 82.4 cm³/mol. The third kappa shape index (κ3) is 4.15. The highest BCUT2D eigenvalue weighted by molar-refractivity contribution is 5.80. The van der Waals surface area contributed by atoms with E-state index in [1.54, 1.807) is 0 Å². The van der Waals surface area contributed by atoms with Crippen molar-refractivity contribution in [3.63, 3.8) is 0 Å². The molecule has 1 aromatic carbocycles. The normalized spacial score (nSPS) is 19.6. The van der Waals surface area contributed by atoms with Crippen molar-refractivity contribution in [1.29, 1.82) is 0 Å². The molecule has 1 aromatic heterocycles. The van der Waals surface area contributed by atoms with Crippen molar-refractivity contribution in [2.45, 2.75) is 31.5 Å². The summed E-state index contributed by atoms with van der Waals surface area (Å²) in [4.78, 5) is 14.2. The molecule has 1 aliphatic heterocycles. The third-order valence-electron chi connectivity index (χ3n) is 4.44. The number of carbonyl (C=O) groups excluding carboxylic acids is 1. The Morgan fingerprint density at radius 3 is 2.68 bits per heavy atom. The number of nitrogens with zero attached hydrogens (tertiary/aromatic N) is 5. The van der Waals surface area contributed by atoms with Gasteiger partial charge in [-0.15, -0.1) is 5.10 Å². The fourth-order valence-corrected chi connectivity index (χ4v) is 3.10. The van der Waals surface area contributed by atoms with E-state index in [1.165, 1.54) is 15.9 Å². The van der Waals surface area contributed by atoms with Gasteiger partial charge in [-0.25, -0.2) is 4.68 Å². The third-order valence-corrected chi connectivity index (χ3v) is 4.44. The van der Waals surface area contributed by atoms with Crippen LogP contribution in [0.2, 0.25) is 0 Å². The second-order valence-electron chi connectivity index (χ2n) is 6.16. The molecule has 134 valence electrons. The minimum absolute atomic E-state index is 0.0571. The van der Waals surface area contributed by atoms with E-state index in [2.05, 4.69) is 15.5 Å². The fraction of sp³-hybridized carbons (Fsp3) is 0.500. The highest BCUT2D eigenvalue weighted by Gasteiger charge is 2.43. The minimum atomic E-state index is -4.29. The number of aromatic nitrogens is 4. The number of halogens is 3. The Morgan fingerprint density at radius 1 is 1.28 bits per heavy atom. The average molecular weight is 353 g/mol. The molecule has 9 heteroatoms. The summed E-state index contributed by atoms with van der Waals surface area (Å²) < 4.78 is 40.4. The summed E-state index contributed by atoms with van der Waals surface area (Å²) in [6.07, 6.45) is -2.26. The Morgan fingerprint density at radius 2 is 2.04 bits per heavy atom. The number of likely N-dealkylation sites (tertiary alicyclic amines) is 1. The summed E-state index contributed by atoms with van der Waals surface area (Å²) in [5.41, 5.74) is 0.890. The molecule has 0 saturated carbocycles. The molecule has 0 N–H and O–H groups in total. The van der Waals surface area contributed by atoms with Crippen LogP contribution in [0.1, 0.15) is 24.4 Å². The van der Waals surface area contributed by atoms with E-state index >= 15 is 0 Å². The number of carbonyl (C=O) groups is 1. The fourth-order valence-electron chi connectivity index (χ4n) is 3.10. The first-order chi connectivity index (χ1) is 11.9. The molecule has 1 fully saturated rings. The minimum Gasteiger partial charge on any atom is -0.340 e. The Labute approximate surface area is 142 Å². The predicted octanol–water partition coefficient (Wildman–Crippen LogP) is 2.26. The topological polar surface area (TPSA) is 63.9 Å². The van der Waals surface area contributed by atoms with Crippen LogP contribution in [0.3, 0.4) is 0 Å². The Balaban J connectivity index is 1.79. The highest BCUT2D eigenvalue weighted by atomic mass is 19.4. The number of hydrogen-bond donors (Lipinski definition) is 0. The van der Waals surface area contributed by atoms with Gasteiger partial charge in [-0.1, -0.05) is 30.3 Å². The maximum atomic E-state index is 13.0. The molecule has 1 amide bonds. The Hall–Kier alpha value is -2.45. The van der Waals surface area contributed by atoms with E-state index in [1.807, 2.05) is 30.3 Å². The molecule has 2 heterocycles. The lowest BCUT2D eigenvalue weighted by molar-refractivity contribution is -0.188. The summed E-state index contributed by atoms with van der Waals surface area (Å²) in [6, 6.07) is 8.51. The maximum Gasteiger partial charge on any atom is 0.393 e. The molecule has 0 bridgehead atoms. The van der Waals surface area contributed by atoms with Gasteiger partial charge in [0.2, 0.25) is 5.91 Å². The average Bonchev–Trinajstić information content (AvgIpc) is 3.14. The van der Waals surface area contributed by atoms with Crippen LogP contribution in [0, 0.1) is 5.92 Å². The van der Waals surface area contributed by atoms with Crippen molar-refractivity contribution >= 4 is 5.91 Å². The van der Waals surface area contributed by atoms with E-state index in [4.69, 9.17) is 0 Å². The summed E-state index contributed by atoms with van der Waals surface area (Å²) in [7, 11) is 0. The molecule has 0 aliphatic carbocycles. The molecule has 2 atom stereocenters. The van der Waals surface area contributed by atoms with Crippen LogP contribution < -0.4 is 0 Å². The summed E-state index contributed by atoms with van der Waals surface area (Å²) in [5, 5.41) is 10.9. The quantitative estimate of drug-likeness (QED) is 0.846. The van der Waals surface area contributed by atoms with E-state index in [0.717, 1.165) is 5.56 Å². The summed E-state index contributed by atoms with van der Waals surface area (Å²) >= 11 is 0. The molecular weight excluding hydrogens is 335 g/mol. The van der Waals surface area contributed by atoms with Crippen LogP contribution in [0.4, 0.5) is 13.2 Å². The van der Waals surface area contributed by atoms with E-state index in [9.17, 15) is 18.0 Å². The molecule has 0 spiro atoms. The maximum absolute atomic E-state index is 13.0. The van der Waals surface area contributed by atoms with Gasteiger partial charge in [0.25, 0.3) is 0 Å². The number of alkyl halides is 3. The second-order valence-corrected chi connectivity index (χ2v) is 6.16. The van der Waals surface area contributed by atoms with Crippen molar-refractivity contribution in [2.24, 2.45) is 5.92 Å². The second kappa shape index (κ2) is 7.20. The van der Waals surface area contributed by atoms with Crippen molar-refractivity contribution in [3.05, 3.63) is 42.2 Å². The lowest BCUT2D eigenvalue weighted by Gasteiger charge is -2.35. The molecule has 1 aliphatic rings. The van der Waals surface area contributed by atoms with Crippen LogP contribution in [0.15, 0.2) is 36.7 Å². The number of rotatable bonds is 4. The molecule has 2 unspecified atom stereocenters. The first-order valence-corrected chi connectivity index (χ1v) is 8.07. The van der Waals surface area contributed by atoms with Crippen LogP contribution in [0.5, 0.6) is 0 Å². The number of benzene rings is 1. The number of piperidine rings is 1. The molecule has 0 radical (unpaired) electrons. The number of tetrazole rings is 1. The van der Waals surface area contributed by atoms with Gasteiger partial charge < -0.3 is 4.90 Å². The molecule has 2 aromatic rings. The van der Waals surface area contributed by atoms with Gasteiger partial charge in [0.15, 0.2) is 0 Å². The zero-order valence-electron chi connectivity index (χ0n) is 13.4. The largest absolute Gasteiger partial charge is 0.393 e. The first-order valence-electron chi connectivity index (χ1n) is 8.07. The van der Waals surface area contributed by atoms with Gasteiger partial charge >= 0.3 is 6.18 Å². The van der Waals surface area contributed by atoms with Crippen molar-refractivity contribution < 1.29 is 18.0 Å². The molecular formula is C16H18F3N5O. The molecule has 25 heavy (non-hydrogen) atoms. The van der Waals surface area contributed by atoms with Gasteiger partial charge in [-0.2, -0.15) is 13.2 Å². The number of hydrogen-bond acceptors (Lipinski definition) is 4. The number of amides is 1. The lowest BCUT2D eigenvalue weighted by atomic mass is 9.96. The molecule has 1 saturated heterocycles. The van der Waals surface area contributed by atoms with Crippen molar-refractivity contribution in [3.8, 4) is 0 Å². The van der Waals surface area contributed by atoms with Crippen molar-refractivity contribution in [2.75, 3.05) is 13.1 Å². The smallest absolute Gasteiger partial charge is 0.340 e. The van der Waals surface area contributed by atoms with Crippen molar-refractivity contribution in [1.82, 2.24) is 25.1 Å². The monoisotopic (exact) mass is 353 g/mol. The molecule has 3 rings (SSSR count). The lowest BCUT2D eigenvalue weighted by Crippen LogP contribution is -2.47. The highest BCUT2D eigenvalue weighted by Crippen LogP contribution is 2.34. The first kappa shape index (κ1) is 17.4. The molecule has 6 nitrogen and oxygen atoms in total. The van der Waals surface area contributed by atoms with Gasteiger partial charge in [0.05, 0.1) is 5.92 Å². The van der Waals surface area contributed by atoms with E-state index in [-0.39, 0.29) is 18.9 Å². The van der Waals surface area contributed by atoms with E-state index < -0.39 is 18.1 Å². The standard InChI is InChI=1S/C16H18F3N5O/c17-16(18,19)13-7-4-8-23(10-13)15(25)14(24-11-20-21-22-24)9-12-5-2-1-3-6-12/h1-3,5-6,11,13-14H,4,7-10H2. The van der Waals surface area contributed by atoms with Crippen LogP contribution in [-0.2, 0) is 11.2 Å². The Bertz CT molecular complexity index is 690. The SMILES string of the molecule is O=C(C(Cc1ccccc1)n1cnnn1)N1CCCC(C(F)(F)F)C1. The van der Waals surface area contributed by atoms with Gasteiger partial charge in [-0.05, 0) is 28.8 Å². The van der Waals surface area contributed by atoms with Gasteiger partial charge in [-0.3, -0.25) is 4.79 Å². The zero-order chi connectivity index (χ0) is 17.9. The van der Waals surface area contributed by atoms with Crippen LogP contribution in [-0.4, -0.2) is 50.3 Å².